The van der Waals surface area contributed by atoms with E-state index in [9.17, 15) is 12.8 Å². The Morgan fingerprint density at radius 1 is 1.29 bits per heavy atom. The number of halogens is 3. The van der Waals surface area contributed by atoms with Crippen LogP contribution >= 0.6 is 27.5 Å². The second kappa shape index (κ2) is 5.82. The average molecular weight is 394 g/mol. The van der Waals surface area contributed by atoms with Crippen molar-refractivity contribution in [1.82, 2.24) is 0 Å². The molecule has 0 unspecified atom stereocenters. The van der Waals surface area contributed by atoms with Crippen LogP contribution in [0.3, 0.4) is 0 Å². The molecule has 112 valence electrons. The van der Waals surface area contributed by atoms with Crippen molar-refractivity contribution in [3.8, 4) is 0 Å². The maximum absolute atomic E-state index is 13.9. The van der Waals surface area contributed by atoms with Crippen molar-refractivity contribution in [2.24, 2.45) is 0 Å². The molecule has 0 atom stereocenters. The van der Waals surface area contributed by atoms with Crippen LogP contribution in [0.25, 0.3) is 0 Å². The van der Waals surface area contributed by atoms with Crippen molar-refractivity contribution in [3.63, 3.8) is 0 Å². The molecule has 4 nitrogen and oxygen atoms in total. The van der Waals surface area contributed by atoms with E-state index in [0.717, 1.165) is 12.1 Å². The molecule has 21 heavy (non-hydrogen) atoms. The number of nitrogens with one attached hydrogen (secondary N) is 1. The van der Waals surface area contributed by atoms with Crippen LogP contribution in [0.2, 0.25) is 5.02 Å². The van der Waals surface area contributed by atoms with Crippen molar-refractivity contribution in [3.05, 3.63) is 51.2 Å². The Labute approximate surface area is 135 Å². The number of benzene rings is 2. The molecule has 2 aromatic carbocycles. The number of hydrogen-bond donors (Lipinski definition) is 2. The van der Waals surface area contributed by atoms with E-state index < -0.39 is 20.7 Å². The highest BCUT2D eigenvalue weighted by Crippen LogP contribution is 2.28. The third-order valence-corrected chi connectivity index (χ3v) is 5.39. The molecule has 0 heterocycles. The summed E-state index contributed by atoms with van der Waals surface area (Å²) in [6.45, 7) is 1.60. The predicted octanol–water partition coefficient (Wildman–Crippen LogP) is 3.93. The molecule has 0 bridgehead atoms. The van der Waals surface area contributed by atoms with Crippen LogP contribution < -0.4 is 10.5 Å². The summed E-state index contributed by atoms with van der Waals surface area (Å²) in [5.74, 6) is -0.859. The zero-order chi connectivity index (χ0) is 15.8. The molecule has 0 saturated heterocycles. The van der Waals surface area contributed by atoms with E-state index in [1.54, 1.807) is 6.92 Å². The Morgan fingerprint density at radius 2 is 1.95 bits per heavy atom. The summed E-state index contributed by atoms with van der Waals surface area (Å²) in [6.07, 6.45) is 0. The Morgan fingerprint density at radius 3 is 2.57 bits per heavy atom. The highest BCUT2D eigenvalue weighted by atomic mass is 79.9. The summed E-state index contributed by atoms with van der Waals surface area (Å²) in [4.78, 5) is -0.503. The van der Waals surface area contributed by atoms with Gasteiger partial charge in [-0.3, -0.25) is 4.72 Å². The van der Waals surface area contributed by atoms with E-state index >= 15 is 0 Å². The number of sulfonamides is 1. The average Bonchev–Trinajstić information content (AvgIpc) is 2.37. The van der Waals surface area contributed by atoms with Crippen LogP contribution in [0.1, 0.15) is 5.56 Å². The van der Waals surface area contributed by atoms with E-state index in [1.807, 2.05) is 0 Å². The van der Waals surface area contributed by atoms with Gasteiger partial charge in [-0.05, 0) is 58.7 Å². The predicted molar refractivity (Wildman–Crippen MR) is 85.5 cm³/mol. The highest BCUT2D eigenvalue weighted by Gasteiger charge is 2.20. The number of nitrogen functional groups attached to an aromatic ring is 1. The minimum absolute atomic E-state index is 0.203. The summed E-state index contributed by atoms with van der Waals surface area (Å²) in [5.41, 5.74) is 6.57. The van der Waals surface area contributed by atoms with Gasteiger partial charge in [0.05, 0.1) is 10.7 Å². The van der Waals surface area contributed by atoms with Gasteiger partial charge < -0.3 is 5.73 Å². The number of aryl methyl sites for hydroxylation is 1. The van der Waals surface area contributed by atoms with Crippen LogP contribution in [0.15, 0.2) is 39.7 Å². The second-order valence-electron chi connectivity index (χ2n) is 4.37. The maximum Gasteiger partial charge on any atom is 0.264 e. The fourth-order valence-corrected chi connectivity index (χ4v) is 3.29. The Hall–Kier alpha value is -1.31. The second-order valence-corrected chi connectivity index (χ2v) is 7.29. The Balaban J connectivity index is 2.43. The SMILES string of the molecule is Cc1cc(F)c(S(=O)(=O)Nc2ccc(Cl)c(Br)c2)cc1N. The molecular formula is C13H11BrClFN2O2S. The van der Waals surface area contributed by atoms with Crippen LogP contribution in [-0.2, 0) is 10.0 Å². The first-order valence-corrected chi connectivity index (χ1v) is 8.39. The van der Waals surface area contributed by atoms with Crippen molar-refractivity contribution < 1.29 is 12.8 Å². The minimum atomic E-state index is -4.08. The summed E-state index contributed by atoms with van der Waals surface area (Å²) < 4.78 is 41.1. The fourth-order valence-electron chi connectivity index (χ4n) is 1.64. The Kier molecular flexibility index (Phi) is 4.46. The lowest BCUT2D eigenvalue weighted by molar-refractivity contribution is 0.570. The summed E-state index contributed by atoms with van der Waals surface area (Å²) in [5, 5.41) is 0.434. The zero-order valence-corrected chi connectivity index (χ0v) is 14.0. The van der Waals surface area contributed by atoms with Crippen molar-refractivity contribution in [1.29, 1.82) is 0 Å². The van der Waals surface area contributed by atoms with Gasteiger partial charge in [0, 0.05) is 10.2 Å². The van der Waals surface area contributed by atoms with E-state index in [1.165, 1.54) is 18.2 Å². The van der Waals surface area contributed by atoms with Gasteiger partial charge in [0.25, 0.3) is 10.0 Å². The monoisotopic (exact) mass is 392 g/mol. The number of hydrogen-bond acceptors (Lipinski definition) is 3. The third-order valence-electron chi connectivity index (χ3n) is 2.78. The first-order chi connectivity index (χ1) is 9.70. The standard InChI is InChI=1S/C13H11BrClFN2O2S/c1-7-4-11(16)13(6-12(7)17)21(19,20)18-8-2-3-10(15)9(14)5-8/h2-6,18H,17H2,1H3. The Bertz CT molecular complexity index is 812. The van der Waals surface area contributed by atoms with E-state index in [4.69, 9.17) is 17.3 Å². The molecule has 0 radical (unpaired) electrons. The number of rotatable bonds is 3. The molecular weight excluding hydrogens is 383 g/mol. The van der Waals surface area contributed by atoms with Crippen LogP contribution in [0, 0.1) is 12.7 Å². The van der Waals surface area contributed by atoms with Gasteiger partial charge in [0.1, 0.15) is 10.7 Å². The van der Waals surface area contributed by atoms with Crippen molar-refractivity contribution in [2.75, 3.05) is 10.5 Å². The molecule has 8 heteroatoms. The van der Waals surface area contributed by atoms with E-state index in [-0.39, 0.29) is 11.4 Å². The minimum Gasteiger partial charge on any atom is -0.398 e. The van der Waals surface area contributed by atoms with Gasteiger partial charge in [0.15, 0.2) is 0 Å². The molecule has 0 saturated carbocycles. The number of anilines is 2. The quantitative estimate of drug-likeness (QED) is 0.776. The zero-order valence-electron chi connectivity index (χ0n) is 10.8. The number of nitrogens with two attached hydrogens (primary N) is 1. The summed E-state index contributed by atoms with van der Waals surface area (Å²) >= 11 is 9.02. The fraction of sp³-hybridized carbons (Fsp3) is 0.0769. The molecule has 0 aliphatic rings. The van der Waals surface area contributed by atoms with Crippen LogP contribution in [0.5, 0.6) is 0 Å². The summed E-state index contributed by atoms with van der Waals surface area (Å²) in [7, 11) is -4.08. The lowest BCUT2D eigenvalue weighted by Crippen LogP contribution is -2.15. The first-order valence-electron chi connectivity index (χ1n) is 5.74. The van der Waals surface area contributed by atoms with Gasteiger partial charge in [-0.2, -0.15) is 0 Å². The van der Waals surface area contributed by atoms with E-state index in [2.05, 4.69) is 20.7 Å². The highest BCUT2D eigenvalue weighted by molar-refractivity contribution is 9.10. The van der Waals surface area contributed by atoms with Crippen molar-refractivity contribution in [2.45, 2.75) is 11.8 Å². The van der Waals surface area contributed by atoms with Gasteiger partial charge >= 0.3 is 0 Å². The molecule has 0 fully saturated rings. The molecule has 2 aromatic rings. The topological polar surface area (TPSA) is 72.2 Å². The lowest BCUT2D eigenvalue weighted by Gasteiger charge is -2.11. The smallest absolute Gasteiger partial charge is 0.264 e. The molecule has 0 spiro atoms. The molecule has 0 aliphatic carbocycles. The molecule has 3 N–H and O–H groups in total. The van der Waals surface area contributed by atoms with Crippen LogP contribution in [-0.4, -0.2) is 8.42 Å². The third kappa shape index (κ3) is 3.48. The maximum atomic E-state index is 13.9. The molecule has 0 aromatic heterocycles. The van der Waals surface area contributed by atoms with Gasteiger partial charge in [0.2, 0.25) is 0 Å². The van der Waals surface area contributed by atoms with Gasteiger partial charge in [-0.1, -0.05) is 11.6 Å². The molecule has 0 aliphatic heterocycles. The van der Waals surface area contributed by atoms with Gasteiger partial charge in [-0.15, -0.1) is 0 Å². The summed E-state index contributed by atoms with van der Waals surface area (Å²) in [6, 6.07) is 6.65. The molecule has 0 amide bonds. The normalized spacial score (nSPS) is 11.4. The lowest BCUT2D eigenvalue weighted by atomic mass is 10.2. The van der Waals surface area contributed by atoms with Gasteiger partial charge in [-0.25, -0.2) is 12.8 Å². The first kappa shape index (κ1) is 16.1. The largest absolute Gasteiger partial charge is 0.398 e. The van der Waals surface area contributed by atoms with Crippen LogP contribution in [0.4, 0.5) is 15.8 Å². The van der Waals surface area contributed by atoms with E-state index in [0.29, 0.717) is 15.1 Å². The molecule has 2 rings (SSSR count). The van der Waals surface area contributed by atoms with Crippen molar-refractivity contribution >= 4 is 48.9 Å².